The Balaban J connectivity index is 1.95. The lowest BCUT2D eigenvalue weighted by Gasteiger charge is -2.61. The van der Waals surface area contributed by atoms with E-state index in [-0.39, 0.29) is 29.6 Å². The van der Waals surface area contributed by atoms with Crippen LogP contribution in [-0.4, -0.2) is 53.4 Å². The number of benzene rings is 1. The van der Waals surface area contributed by atoms with Gasteiger partial charge in [0.25, 0.3) is 0 Å². The molecule has 0 unspecified atom stereocenters. The van der Waals surface area contributed by atoms with Gasteiger partial charge in [-0.15, -0.1) is 0 Å². The molecule has 0 heterocycles. The van der Waals surface area contributed by atoms with Crippen molar-refractivity contribution in [1.29, 1.82) is 0 Å². The maximum Gasteiger partial charge on any atom is 0.338 e. The molecular formula is C34H42O9. The SMILES string of the molecule is C=CC(C)=CC[C@@]1(C)[C@H](C)C[C@@H](OC(=O)c2ccc(O)cc2)[C@]23C(=C[C@H](OC(C)=O)C[C@H]12)[C@H](OC(C)=O)C[C@H]3OC(C)=O. The molecule has 0 saturated heterocycles. The first-order valence-corrected chi connectivity index (χ1v) is 14.7. The van der Waals surface area contributed by atoms with Gasteiger partial charge < -0.3 is 24.1 Å². The number of allylic oxidation sites excluding steroid dienone is 3. The highest BCUT2D eigenvalue weighted by Crippen LogP contribution is 2.68. The van der Waals surface area contributed by atoms with E-state index in [1.807, 2.05) is 6.92 Å². The highest BCUT2D eigenvalue weighted by atomic mass is 16.6. The van der Waals surface area contributed by atoms with E-state index in [4.69, 9.17) is 18.9 Å². The van der Waals surface area contributed by atoms with Crippen LogP contribution in [0, 0.1) is 22.7 Å². The maximum absolute atomic E-state index is 13.6. The number of carbonyl (C=O) groups is 4. The number of ether oxygens (including phenoxy) is 4. The van der Waals surface area contributed by atoms with E-state index >= 15 is 0 Å². The molecule has 0 amide bonds. The molecule has 9 nitrogen and oxygen atoms in total. The molecule has 0 radical (unpaired) electrons. The van der Waals surface area contributed by atoms with E-state index in [1.165, 1.54) is 45.0 Å². The Morgan fingerprint density at radius 1 is 0.907 bits per heavy atom. The fourth-order valence-electron chi connectivity index (χ4n) is 7.62. The Bertz CT molecular complexity index is 1340. The second-order valence-electron chi connectivity index (χ2n) is 12.4. The van der Waals surface area contributed by atoms with Crippen LogP contribution in [0.3, 0.4) is 0 Å². The normalized spacial score (nSPS) is 33.3. The fourth-order valence-corrected chi connectivity index (χ4v) is 7.62. The summed E-state index contributed by atoms with van der Waals surface area (Å²) < 4.78 is 24.0. The van der Waals surface area contributed by atoms with E-state index in [1.54, 1.807) is 12.2 Å². The molecule has 2 saturated carbocycles. The van der Waals surface area contributed by atoms with Crippen LogP contribution in [0.4, 0.5) is 0 Å². The summed E-state index contributed by atoms with van der Waals surface area (Å²) in [6, 6.07) is 5.80. The third kappa shape index (κ3) is 6.12. The summed E-state index contributed by atoms with van der Waals surface area (Å²) in [7, 11) is 0. The lowest BCUT2D eigenvalue weighted by molar-refractivity contribution is -0.193. The number of phenols is 1. The summed E-state index contributed by atoms with van der Waals surface area (Å²) in [4.78, 5) is 50.7. The average molecular weight is 595 g/mol. The molecule has 232 valence electrons. The lowest BCUT2D eigenvalue weighted by Crippen LogP contribution is -2.63. The van der Waals surface area contributed by atoms with Gasteiger partial charge in [0.1, 0.15) is 30.2 Å². The number of hydrogen-bond donors (Lipinski definition) is 1. The van der Waals surface area contributed by atoms with Crippen molar-refractivity contribution in [2.45, 2.75) is 91.6 Å². The van der Waals surface area contributed by atoms with Crippen LogP contribution in [0.5, 0.6) is 5.75 Å². The van der Waals surface area contributed by atoms with Gasteiger partial charge in [0.05, 0.1) is 11.0 Å². The van der Waals surface area contributed by atoms with Crippen molar-refractivity contribution in [1.82, 2.24) is 0 Å². The summed E-state index contributed by atoms with van der Waals surface area (Å²) in [5, 5.41) is 9.75. The van der Waals surface area contributed by atoms with E-state index in [9.17, 15) is 24.3 Å². The minimum Gasteiger partial charge on any atom is -0.508 e. The van der Waals surface area contributed by atoms with Gasteiger partial charge in [-0.1, -0.05) is 38.2 Å². The van der Waals surface area contributed by atoms with Gasteiger partial charge in [0.2, 0.25) is 0 Å². The van der Waals surface area contributed by atoms with E-state index in [2.05, 4.69) is 26.5 Å². The van der Waals surface area contributed by atoms with Crippen molar-refractivity contribution >= 4 is 23.9 Å². The zero-order valence-electron chi connectivity index (χ0n) is 25.8. The van der Waals surface area contributed by atoms with Crippen LogP contribution < -0.4 is 0 Å². The van der Waals surface area contributed by atoms with Crippen LogP contribution in [0.25, 0.3) is 0 Å². The minimum atomic E-state index is -1.06. The number of aromatic hydroxyl groups is 1. The largest absolute Gasteiger partial charge is 0.508 e. The minimum absolute atomic E-state index is 0.0117. The molecule has 9 heteroatoms. The Morgan fingerprint density at radius 2 is 1.51 bits per heavy atom. The summed E-state index contributed by atoms with van der Waals surface area (Å²) in [5.41, 5.74) is 0.406. The summed E-state index contributed by atoms with van der Waals surface area (Å²) in [6.45, 7) is 14.1. The summed E-state index contributed by atoms with van der Waals surface area (Å²) in [6.07, 6.45) is 4.42. The van der Waals surface area contributed by atoms with Gasteiger partial charge in [0, 0.05) is 27.2 Å². The Hall–Kier alpha value is -3.88. The van der Waals surface area contributed by atoms with Gasteiger partial charge in [-0.05, 0) is 79.4 Å². The van der Waals surface area contributed by atoms with Crippen molar-refractivity contribution in [2.75, 3.05) is 0 Å². The molecule has 4 rings (SSSR count). The van der Waals surface area contributed by atoms with Gasteiger partial charge in [0.15, 0.2) is 0 Å². The highest BCUT2D eigenvalue weighted by Gasteiger charge is 2.71. The molecule has 3 aliphatic carbocycles. The van der Waals surface area contributed by atoms with Crippen LogP contribution in [-0.2, 0) is 33.3 Å². The molecule has 0 bridgehead atoms. The predicted molar refractivity (Wildman–Crippen MR) is 158 cm³/mol. The molecule has 0 aliphatic heterocycles. The first-order valence-electron chi connectivity index (χ1n) is 14.7. The number of esters is 4. The lowest BCUT2D eigenvalue weighted by atomic mass is 9.44. The topological polar surface area (TPSA) is 125 Å². The van der Waals surface area contributed by atoms with Crippen LogP contribution in [0.15, 0.2) is 60.2 Å². The molecule has 3 aliphatic rings. The van der Waals surface area contributed by atoms with Crippen molar-refractivity contribution in [3.05, 3.63) is 65.8 Å². The zero-order valence-corrected chi connectivity index (χ0v) is 25.8. The molecule has 43 heavy (non-hydrogen) atoms. The van der Waals surface area contributed by atoms with E-state index in [0.717, 1.165) is 5.57 Å². The van der Waals surface area contributed by atoms with Crippen molar-refractivity contribution in [3.8, 4) is 5.75 Å². The quantitative estimate of drug-likeness (QED) is 0.177. The van der Waals surface area contributed by atoms with Crippen molar-refractivity contribution < 1.29 is 43.2 Å². The monoisotopic (exact) mass is 594 g/mol. The number of phenolic OH excluding ortho intramolecular Hbond substituents is 1. The standard InChI is InChI=1S/C34H42O9/c1-8-19(2)13-14-33(7)20(3)15-30(43-32(39)24-9-11-25(38)12-10-24)34-27(16-26(17-29(33)34)40-21(4)35)28(41-22(5)36)18-31(34)42-23(6)37/h8-13,16,20,26,28-31,38H,1,14-15,17-18H2,2-7H3/t20-,26+,28-,29-,30-,31-,33+,34+/m1/s1. The van der Waals surface area contributed by atoms with Crippen LogP contribution in [0.2, 0.25) is 0 Å². The second-order valence-corrected chi connectivity index (χ2v) is 12.4. The first kappa shape index (κ1) is 32.0. The number of carbonyl (C=O) groups excluding carboxylic acids is 4. The van der Waals surface area contributed by atoms with Crippen molar-refractivity contribution in [3.63, 3.8) is 0 Å². The average Bonchev–Trinajstić information content (AvgIpc) is 3.21. The molecule has 8 atom stereocenters. The molecule has 1 N–H and O–H groups in total. The zero-order chi connectivity index (χ0) is 31.7. The summed E-state index contributed by atoms with van der Waals surface area (Å²) >= 11 is 0. The number of rotatable bonds is 8. The second kappa shape index (κ2) is 12.4. The Morgan fingerprint density at radius 3 is 2.09 bits per heavy atom. The molecule has 1 spiro atoms. The highest BCUT2D eigenvalue weighted by molar-refractivity contribution is 5.89. The van der Waals surface area contributed by atoms with E-state index in [0.29, 0.717) is 24.8 Å². The molecule has 2 fully saturated rings. The fraction of sp³-hybridized carbons (Fsp3) is 0.529. The van der Waals surface area contributed by atoms with Gasteiger partial charge in [-0.3, -0.25) is 14.4 Å². The third-order valence-electron chi connectivity index (χ3n) is 9.71. The van der Waals surface area contributed by atoms with E-state index < -0.39 is 59.1 Å². The molecule has 1 aromatic carbocycles. The molecular weight excluding hydrogens is 552 g/mol. The number of hydrogen-bond acceptors (Lipinski definition) is 9. The maximum atomic E-state index is 13.6. The molecule has 1 aromatic rings. The van der Waals surface area contributed by atoms with Gasteiger partial charge in [-0.25, -0.2) is 4.79 Å². The summed E-state index contributed by atoms with van der Waals surface area (Å²) in [5.74, 6) is -2.34. The van der Waals surface area contributed by atoms with Gasteiger partial charge in [-0.2, -0.15) is 0 Å². The predicted octanol–water partition coefficient (Wildman–Crippen LogP) is 5.62. The first-order chi connectivity index (χ1) is 20.2. The molecule has 0 aromatic heterocycles. The van der Waals surface area contributed by atoms with Crippen LogP contribution >= 0.6 is 0 Å². The van der Waals surface area contributed by atoms with Gasteiger partial charge >= 0.3 is 23.9 Å². The third-order valence-corrected chi connectivity index (χ3v) is 9.71. The Labute approximate surface area is 252 Å². The smallest absolute Gasteiger partial charge is 0.338 e. The van der Waals surface area contributed by atoms with Crippen molar-refractivity contribution in [2.24, 2.45) is 22.7 Å². The Kier molecular flexibility index (Phi) is 9.23. The van der Waals surface area contributed by atoms with Crippen LogP contribution in [0.1, 0.15) is 77.6 Å².